The van der Waals surface area contributed by atoms with Crippen LogP contribution in [0.3, 0.4) is 0 Å². The summed E-state index contributed by atoms with van der Waals surface area (Å²) in [5.74, 6) is 0. The highest BCUT2D eigenvalue weighted by Crippen LogP contribution is 2.37. The molecule has 0 saturated heterocycles. The Morgan fingerprint density at radius 1 is 0.106 bits per heavy atom. The maximum atomic E-state index is 2.30. The Kier molecular flexibility index (Phi) is 40.1. The molecule has 0 bridgehead atoms. The fraction of sp³-hybridized carbons (Fsp3) is 0.192. The van der Waals surface area contributed by atoms with Crippen molar-refractivity contribution < 1.29 is 0 Å². The van der Waals surface area contributed by atoms with Gasteiger partial charge in [-0.3, -0.25) is 0 Å². The van der Waals surface area contributed by atoms with E-state index in [1.807, 2.05) is 138 Å². The van der Waals surface area contributed by atoms with Gasteiger partial charge in [0.05, 0.1) is 0 Å². The number of hydrogen-bond acceptors (Lipinski definition) is 0. The van der Waals surface area contributed by atoms with Gasteiger partial charge in [0.15, 0.2) is 0 Å². The van der Waals surface area contributed by atoms with Crippen LogP contribution in [0.2, 0.25) is 0 Å². The van der Waals surface area contributed by atoms with E-state index in [1.54, 1.807) is 0 Å². The number of fused-ring (bicyclic) bond motifs is 14. The van der Waals surface area contributed by atoms with Gasteiger partial charge < -0.3 is 0 Å². The molecular weight excluding hydrogens is 1250 g/mol. The standard InChI is InChI=1S/C20H14.2C18H12.2C14H10.10C2H6/c1-2-8-15(9-3-1)20-18-12-6-4-10-16(18)14-17-11-5-7-13-19(17)20;1-2-7-15-12-18-16(11-14(15)6-1)10-9-13-5-3-4-8-17(13)18;1-2-6-14-10-18-12-16-8-4-3-7-15(16)11-17(18)9-13(14)5-1;1-3-7-13-11(5-1)9-10-12-6-2-4-8-14(12)13;1-2-6-12-10-14-8-4-3-7-13(14)9-11(12)5-1;10*1-2/h1-14H;2*1-12H;2*1-10H;10*1-2H3. The highest BCUT2D eigenvalue weighted by molar-refractivity contribution is 6.14. The smallest absolute Gasteiger partial charge is 0.00268 e. The molecule has 18 aromatic rings. The summed E-state index contributed by atoms with van der Waals surface area (Å²) in [7, 11) is 0. The summed E-state index contributed by atoms with van der Waals surface area (Å²) in [6, 6.07) is 125. The lowest BCUT2D eigenvalue weighted by Gasteiger charge is -2.11. The summed E-state index contributed by atoms with van der Waals surface area (Å²) in [5, 5.41) is 31.5. The first-order chi connectivity index (χ1) is 51.6. The lowest BCUT2D eigenvalue weighted by atomic mass is 9.92. The van der Waals surface area contributed by atoms with E-state index in [4.69, 9.17) is 0 Å². The Bertz CT molecular complexity index is 4970. The molecule has 0 spiro atoms. The fourth-order valence-electron chi connectivity index (χ4n) is 12.1. The van der Waals surface area contributed by atoms with Crippen LogP contribution >= 0.6 is 0 Å². The number of benzene rings is 18. The van der Waals surface area contributed by atoms with Crippen LogP contribution in [0.15, 0.2) is 352 Å². The summed E-state index contributed by atoms with van der Waals surface area (Å²) >= 11 is 0. The van der Waals surface area contributed by atoms with Gasteiger partial charge in [0, 0.05) is 0 Å². The second-order valence-corrected chi connectivity index (χ2v) is 21.6. The molecule has 18 aromatic carbocycles. The van der Waals surface area contributed by atoms with Crippen molar-refractivity contribution in [3.05, 3.63) is 352 Å². The second-order valence-electron chi connectivity index (χ2n) is 21.6. The molecular formula is C104H118. The van der Waals surface area contributed by atoms with Crippen LogP contribution in [0, 0.1) is 0 Å². The van der Waals surface area contributed by atoms with Crippen LogP contribution < -0.4 is 0 Å². The Morgan fingerprint density at radius 3 is 0.548 bits per heavy atom. The monoisotopic (exact) mass is 1370 g/mol. The van der Waals surface area contributed by atoms with Crippen LogP contribution in [0.5, 0.6) is 0 Å². The largest absolute Gasteiger partial charge is 0.0683 e. The van der Waals surface area contributed by atoms with Gasteiger partial charge in [-0.1, -0.05) is 436 Å². The third-order valence-corrected chi connectivity index (χ3v) is 16.3. The van der Waals surface area contributed by atoms with Gasteiger partial charge in [0.1, 0.15) is 0 Å². The molecule has 0 aliphatic heterocycles. The van der Waals surface area contributed by atoms with E-state index < -0.39 is 0 Å². The molecule has 0 heterocycles. The van der Waals surface area contributed by atoms with Crippen LogP contribution in [-0.4, -0.2) is 0 Å². The van der Waals surface area contributed by atoms with E-state index in [1.165, 1.54) is 140 Å². The highest BCUT2D eigenvalue weighted by atomic mass is 14.1. The third-order valence-electron chi connectivity index (χ3n) is 16.3. The predicted molar refractivity (Wildman–Crippen MR) is 481 cm³/mol. The molecule has 0 nitrogen and oxygen atoms in total. The maximum Gasteiger partial charge on any atom is -0.00268 e. The first kappa shape index (κ1) is 85.5. The van der Waals surface area contributed by atoms with Gasteiger partial charge in [0.2, 0.25) is 0 Å². The number of rotatable bonds is 1. The van der Waals surface area contributed by atoms with E-state index in [0.717, 1.165) is 0 Å². The van der Waals surface area contributed by atoms with Crippen molar-refractivity contribution in [2.45, 2.75) is 138 Å². The summed E-state index contributed by atoms with van der Waals surface area (Å²) in [4.78, 5) is 0. The molecule has 104 heavy (non-hydrogen) atoms. The molecule has 0 aromatic heterocycles. The molecule has 0 atom stereocenters. The quantitative estimate of drug-likeness (QED) is 0.114. The van der Waals surface area contributed by atoms with Gasteiger partial charge >= 0.3 is 0 Å². The molecule has 0 saturated carbocycles. The van der Waals surface area contributed by atoms with Crippen LogP contribution in [-0.2, 0) is 0 Å². The van der Waals surface area contributed by atoms with E-state index in [2.05, 4.69) is 352 Å². The lowest BCUT2D eigenvalue weighted by molar-refractivity contribution is 1.50. The van der Waals surface area contributed by atoms with Gasteiger partial charge in [-0.2, -0.15) is 0 Å². The van der Waals surface area contributed by atoms with Crippen LogP contribution in [0.25, 0.3) is 140 Å². The maximum absolute atomic E-state index is 2.30. The fourth-order valence-corrected chi connectivity index (χ4v) is 12.1. The molecule has 0 radical (unpaired) electrons. The Hall–Kier alpha value is -10.9. The zero-order chi connectivity index (χ0) is 76.0. The summed E-state index contributed by atoms with van der Waals surface area (Å²) < 4.78 is 0. The van der Waals surface area contributed by atoms with Crippen molar-refractivity contribution in [3.8, 4) is 11.1 Å². The summed E-state index contributed by atoms with van der Waals surface area (Å²) in [6.07, 6.45) is 0. The molecule has 0 amide bonds. The number of hydrogen-bond donors (Lipinski definition) is 0. The van der Waals surface area contributed by atoms with E-state index >= 15 is 0 Å². The predicted octanol–water partition coefficient (Wildman–Crippen LogP) is 34.2. The lowest BCUT2D eigenvalue weighted by Crippen LogP contribution is -1.84. The zero-order valence-electron chi connectivity index (χ0n) is 66.5. The zero-order valence-corrected chi connectivity index (χ0v) is 66.5. The van der Waals surface area contributed by atoms with E-state index in [9.17, 15) is 0 Å². The molecule has 0 aliphatic rings. The summed E-state index contributed by atoms with van der Waals surface area (Å²) in [6.45, 7) is 40.0. The topological polar surface area (TPSA) is 0 Å². The Balaban J connectivity index is 0.000000260. The average molecular weight is 1370 g/mol. The summed E-state index contributed by atoms with van der Waals surface area (Å²) in [5.41, 5.74) is 2.61. The van der Waals surface area contributed by atoms with E-state index in [-0.39, 0.29) is 0 Å². The van der Waals surface area contributed by atoms with Crippen molar-refractivity contribution in [1.82, 2.24) is 0 Å². The minimum absolute atomic E-state index is 1.28. The third kappa shape index (κ3) is 22.5. The van der Waals surface area contributed by atoms with Gasteiger partial charge in [-0.15, -0.1) is 0 Å². The molecule has 0 unspecified atom stereocenters. The SMILES string of the molecule is CC.CC.CC.CC.CC.CC.CC.CC.CC.CC.c1ccc(-c2c3ccccc3cc3ccccc23)cc1.c1ccc2c(c1)ccc1ccccc12.c1ccc2cc3c(ccc4ccccc43)cc2c1.c1ccc2cc3cc4ccccc4cc3cc2c1.c1ccc2cc3ccccc3cc2c1. The second kappa shape index (κ2) is 48.8. The van der Waals surface area contributed by atoms with Gasteiger partial charge in [-0.05, 0) is 195 Å². The highest BCUT2D eigenvalue weighted by Gasteiger charge is 2.10. The van der Waals surface area contributed by atoms with Crippen molar-refractivity contribution >= 4 is 129 Å². The van der Waals surface area contributed by atoms with Crippen LogP contribution in [0.1, 0.15) is 138 Å². The Morgan fingerprint density at radius 2 is 0.269 bits per heavy atom. The van der Waals surface area contributed by atoms with Gasteiger partial charge in [-0.25, -0.2) is 0 Å². The van der Waals surface area contributed by atoms with Gasteiger partial charge in [0.25, 0.3) is 0 Å². The molecule has 0 N–H and O–H groups in total. The Labute approximate surface area is 626 Å². The normalized spacial score (nSPS) is 9.54. The van der Waals surface area contributed by atoms with Crippen LogP contribution in [0.4, 0.5) is 0 Å². The first-order valence-corrected chi connectivity index (χ1v) is 39.0. The van der Waals surface area contributed by atoms with Crippen molar-refractivity contribution in [2.75, 3.05) is 0 Å². The molecule has 0 aliphatic carbocycles. The molecule has 0 fully saturated rings. The minimum Gasteiger partial charge on any atom is -0.0683 e. The van der Waals surface area contributed by atoms with Crippen molar-refractivity contribution in [1.29, 1.82) is 0 Å². The van der Waals surface area contributed by atoms with Crippen molar-refractivity contribution in [3.63, 3.8) is 0 Å². The first-order valence-electron chi connectivity index (χ1n) is 39.0. The average Bonchev–Trinajstić information content (AvgIpc) is 0.773. The van der Waals surface area contributed by atoms with Crippen molar-refractivity contribution in [2.24, 2.45) is 0 Å². The molecule has 534 valence electrons. The minimum atomic E-state index is 1.28. The van der Waals surface area contributed by atoms with E-state index in [0.29, 0.717) is 0 Å². The molecule has 18 rings (SSSR count). The molecule has 0 heteroatoms.